The second-order valence-corrected chi connectivity index (χ2v) is 4.52. The predicted octanol–water partition coefficient (Wildman–Crippen LogP) is 3.02. The standard InChI is InChI=1S/C13H20N4/c1-3-7-13(8-4-2,11-5-9-14-16-11)12-6-10-15-17-12/h5-6,9-10H,3-4,7-8H2,1-2H3,(H,14,16)(H,15,17). The molecule has 2 heterocycles. The molecule has 0 fully saturated rings. The van der Waals surface area contributed by atoms with E-state index >= 15 is 0 Å². The lowest BCUT2D eigenvalue weighted by molar-refractivity contribution is 0.403. The molecular formula is C13H20N4. The van der Waals surface area contributed by atoms with Crippen LogP contribution >= 0.6 is 0 Å². The van der Waals surface area contributed by atoms with E-state index in [0.717, 1.165) is 25.7 Å². The first-order valence-electron chi connectivity index (χ1n) is 6.33. The predicted molar refractivity (Wildman–Crippen MR) is 67.8 cm³/mol. The van der Waals surface area contributed by atoms with Gasteiger partial charge in [0.15, 0.2) is 0 Å². The molecule has 0 amide bonds. The summed E-state index contributed by atoms with van der Waals surface area (Å²) in [6.45, 7) is 4.44. The molecular weight excluding hydrogens is 212 g/mol. The number of H-pyrrole nitrogens is 2. The van der Waals surface area contributed by atoms with Gasteiger partial charge in [0.05, 0.1) is 5.41 Å². The molecule has 0 bridgehead atoms. The fourth-order valence-electron chi connectivity index (χ4n) is 2.71. The highest BCUT2D eigenvalue weighted by atomic mass is 15.1. The maximum Gasteiger partial charge on any atom is 0.0536 e. The van der Waals surface area contributed by atoms with Crippen LogP contribution in [0.1, 0.15) is 50.9 Å². The summed E-state index contributed by atoms with van der Waals surface area (Å²) in [5.74, 6) is 0. The fraction of sp³-hybridized carbons (Fsp3) is 0.538. The van der Waals surface area contributed by atoms with E-state index in [1.807, 2.05) is 12.4 Å². The zero-order valence-corrected chi connectivity index (χ0v) is 10.5. The Balaban J connectivity index is 2.46. The summed E-state index contributed by atoms with van der Waals surface area (Å²) in [4.78, 5) is 0. The van der Waals surface area contributed by atoms with Crippen LogP contribution in [0, 0.1) is 0 Å². The lowest BCUT2D eigenvalue weighted by Crippen LogP contribution is -2.28. The Morgan fingerprint density at radius 1 is 0.941 bits per heavy atom. The van der Waals surface area contributed by atoms with Crippen molar-refractivity contribution in [3.63, 3.8) is 0 Å². The van der Waals surface area contributed by atoms with Crippen molar-refractivity contribution in [2.24, 2.45) is 0 Å². The molecule has 17 heavy (non-hydrogen) atoms. The molecule has 0 spiro atoms. The first-order chi connectivity index (χ1) is 8.33. The van der Waals surface area contributed by atoms with Gasteiger partial charge in [-0.05, 0) is 25.0 Å². The zero-order valence-electron chi connectivity index (χ0n) is 10.5. The van der Waals surface area contributed by atoms with E-state index in [-0.39, 0.29) is 5.41 Å². The van der Waals surface area contributed by atoms with Crippen LogP contribution in [-0.4, -0.2) is 20.4 Å². The highest BCUT2D eigenvalue weighted by Crippen LogP contribution is 2.38. The van der Waals surface area contributed by atoms with Crippen LogP contribution in [0.5, 0.6) is 0 Å². The molecule has 92 valence electrons. The van der Waals surface area contributed by atoms with E-state index in [2.05, 4.69) is 46.4 Å². The molecule has 0 radical (unpaired) electrons. The van der Waals surface area contributed by atoms with E-state index in [1.165, 1.54) is 11.4 Å². The minimum atomic E-state index is 0.0104. The smallest absolute Gasteiger partial charge is 0.0536 e. The third-order valence-electron chi connectivity index (χ3n) is 3.39. The van der Waals surface area contributed by atoms with Crippen molar-refractivity contribution in [1.82, 2.24) is 20.4 Å². The molecule has 0 saturated heterocycles. The number of rotatable bonds is 6. The van der Waals surface area contributed by atoms with Gasteiger partial charge in [-0.2, -0.15) is 10.2 Å². The van der Waals surface area contributed by atoms with Gasteiger partial charge in [0.25, 0.3) is 0 Å². The van der Waals surface area contributed by atoms with Gasteiger partial charge in [-0.25, -0.2) is 0 Å². The lowest BCUT2D eigenvalue weighted by atomic mass is 9.74. The number of aromatic amines is 2. The third-order valence-corrected chi connectivity index (χ3v) is 3.39. The monoisotopic (exact) mass is 232 g/mol. The van der Waals surface area contributed by atoms with Gasteiger partial charge < -0.3 is 0 Å². The molecule has 4 heteroatoms. The summed E-state index contributed by atoms with van der Waals surface area (Å²) < 4.78 is 0. The van der Waals surface area contributed by atoms with E-state index < -0.39 is 0 Å². The molecule has 0 saturated carbocycles. The van der Waals surface area contributed by atoms with Gasteiger partial charge in [-0.15, -0.1) is 0 Å². The zero-order chi connectivity index (χ0) is 12.1. The van der Waals surface area contributed by atoms with E-state index in [9.17, 15) is 0 Å². The lowest BCUT2D eigenvalue weighted by Gasteiger charge is -2.31. The molecule has 0 unspecified atom stereocenters. The summed E-state index contributed by atoms with van der Waals surface area (Å²) in [5, 5.41) is 14.5. The number of hydrogen-bond acceptors (Lipinski definition) is 2. The van der Waals surface area contributed by atoms with Crippen molar-refractivity contribution in [2.75, 3.05) is 0 Å². The summed E-state index contributed by atoms with van der Waals surface area (Å²) in [6.07, 6.45) is 8.13. The minimum Gasteiger partial charge on any atom is -0.282 e. The van der Waals surface area contributed by atoms with Crippen LogP contribution in [0.3, 0.4) is 0 Å². The second-order valence-electron chi connectivity index (χ2n) is 4.52. The molecule has 2 rings (SSSR count). The van der Waals surface area contributed by atoms with Crippen molar-refractivity contribution < 1.29 is 0 Å². The normalized spacial score (nSPS) is 11.9. The first kappa shape index (κ1) is 11.9. The molecule has 2 aromatic heterocycles. The minimum absolute atomic E-state index is 0.0104. The van der Waals surface area contributed by atoms with Crippen LogP contribution < -0.4 is 0 Å². The van der Waals surface area contributed by atoms with Gasteiger partial charge >= 0.3 is 0 Å². The quantitative estimate of drug-likeness (QED) is 0.804. The number of hydrogen-bond donors (Lipinski definition) is 2. The number of nitrogens with zero attached hydrogens (tertiary/aromatic N) is 2. The molecule has 0 aliphatic heterocycles. The molecule has 2 N–H and O–H groups in total. The van der Waals surface area contributed by atoms with Gasteiger partial charge in [0.2, 0.25) is 0 Å². The number of aromatic nitrogens is 4. The Morgan fingerprint density at radius 2 is 1.41 bits per heavy atom. The van der Waals surface area contributed by atoms with Crippen LogP contribution in [0.4, 0.5) is 0 Å². The Labute approximate surface area is 102 Å². The van der Waals surface area contributed by atoms with Gasteiger partial charge in [-0.3, -0.25) is 10.2 Å². The Kier molecular flexibility index (Phi) is 3.61. The number of nitrogens with one attached hydrogen (secondary N) is 2. The van der Waals surface area contributed by atoms with Crippen molar-refractivity contribution in [3.8, 4) is 0 Å². The maximum atomic E-state index is 4.10. The van der Waals surface area contributed by atoms with Crippen molar-refractivity contribution in [2.45, 2.75) is 44.9 Å². The summed E-state index contributed by atoms with van der Waals surface area (Å²) in [6, 6.07) is 4.15. The first-order valence-corrected chi connectivity index (χ1v) is 6.33. The molecule has 4 nitrogen and oxygen atoms in total. The average Bonchev–Trinajstić information content (AvgIpc) is 3.02. The maximum absolute atomic E-state index is 4.10. The summed E-state index contributed by atoms with van der Waals surface area (Å²) >= 11 is 0. The van der Waals surface area contributed by atoms with E-state index in [0.29, 0.717) is 0 Å². The summed E-state index contributed by atoms with van der Waals surface area (Å²) in [5.41, 5.74) is 2.38. The van der Waals surface area contributed by atoms with Crippen LogP contribution in [0.2, 0.25) is 0 Å². The van der Waals surface area contributed by atoms with Crippen molar-refractivity contribution in [1.29, 1.82) is 0 Å². The largest absolute Gasteiger partial charge is 0.282 e. The average molecular weight is 232 g/mol. The van der Waals surface area contributed by atoms with Gasteiger partial charge in [0, 0.05) is 23.8 Å². The fourth-order valence-corrected chi connectivity index (χ4v) is 2.71. The van der Waals surface area contributed by atoms with Crippen molar-refractivity contribution in [3.05, 3.63) is 35.9 Å². The van der Waals surface area contributed by atoms with Crippen molar-refractivity contribution >= 4 is 0 Å². The molecule has 0 aliphatic carbocycles. The SMILES string of the molecule is CCCC(CCC)(c1ccn[nH]1)c1ccn[nH]1. The molecule has 0 aromatic carbocycles. The molecule has 0 aliphatic rings. The Hall–Kier alpha value is -1.58. The topological polar surface area (TPSA) is 57.4 Å². The van der Waals surface area contributed by atoms with E-state index in [4.69, 9.17) is 0 Å². The third kappa shape index (κ3) is 2.12. The van der Waals surface area contributed by atoms with Crippen LogP contribution in [0.15, 0.2) is 24.5 Å². The van der Waals surface area contributed by atoms with Crippen LogP contribution in [0.25, 0.3) is 0 Å². The van der Waals surface area contributed by atoms with Crippen LogP contribution in [-0.2, 0) is 5.41 Å². The summed E-state index contributed by atoms with van der Waals surface area (Å²) in [7, 11) is 0. The Bertz CT molecular complexity index is 374. The second kappa shape index (κ2) is 5.17. The van der Waals surface area contributed by atoms with Gasteiger partial charge in [-0.1, -0.05) is 26.7 Å². The van der Waals surface area contributed by atoms with Gasteiger partial charge in [0.1, 0.15) is 0 Å². The van der Waals surface area contributed by atoms with E-state index in [1.54, 1.807) is 0 Å². The molecule has 2 aromatic rings. The highest BCUT2D eigenvalue weighted by molar-refractivity contribution is 5.29. The highest BCUT2D eigenvalue weighted by Gasteiger charge is 2.35. The molecule has 0 atom stereocenters. The Morgan fingerprint density at radius 3 is 1.71 bits per heavy atom.